The number of nitrogens with one attached hydrogen (secondary N) is 2. The van der Waals surface area contributed by atoms with Crippen LogP contribution in [0.1, 0.15) is 6.42 Å². The minimum Gasteiger partial charge on any atom is -0.354 e. The van der Waals surface area contributed by atoms with Gasteiger partial charge in [0.15, 0.2) is 0 Å². The summed E-state index contributed by atoms with van der Waals surface area (Å²) < 4.78 is 0. The molecule has 0 saturated carbocycles. The fraction of sp³-hybridized carbons (Fsp3) is 0.333. The van der Waals surface area contributed by atoms with Gasteiger partial charge in [0, 0.05) is 29.4 Å². The van der Waals surface area contributed by atoms with E-state index in [9.17, 15) is 9.59 Å². The van der Waals surface area contributed by atoms with Crippen molar-refractivity contribution in [2.45, 2.75) is 11.7 Å². The van der Waals surface area contributed by atoms with Crippen molar-refractivity contribution in [2.75, 3.05) is 17.6 Å². The van der Waals surface area contributed by atoms with Crippen molar-refractivity contribution in [1.29, 1.82) is 0 Å². The average Bonchev–Trinajstić information content (AvgIpc) is 2.35. The van der Waals surface area contributed by atoms with E-state index in [1.807, 2.05) is 0 Å². The lowest BCUT2D eigenvalue weighted by atomic mass is 10.2. The Morgan fingerprint density at radius 1 is 1.44 bits per heavy atom. The molecule has 1 heterocycles. The van der Waals surface area contributed by atoms with Crippen LogP contribution in [0.3, 0.4) is 0 Å². The van der Waals surface area contributed by atoms with Crippen LogP contribution in [0.2, 0.25) is 5.02 Å². The van der Waals surface area contributed by atoms with Gasteiger partial charge in [-0.05, 0) is 24.3 Å². The zero-order valence-electron chi connectivity index (χ0n) is 9.61. The van der Waals surface area contributed by atoms with Gasteiger partial charge in [-0.25, -0.2) is 0 Å². The van der Waals surface area contributed by atoms with Gasteiger partial charge in [-0.3, -0.25) is 9.59 Å². The monoisotopic (exact) mass is 284 g/mol. The minimum atomic E-state index is -0.286. The molecule has 1 saturated heterocycles. The van der Waals surface area contributed by atoms with E-state index in [2.05, 4.69) is 10.6 Å². The Kier molecular flexibility index (Phi) is 4.49. The van der Waals surface area contributed by atoms with Gasteiger partial charge in [-0.2, -0.15) is 0 Å². The number of benzene rings is 1. The highest BCUT2D eigenvalue weighted by Gasteiger charge is 2.25. The number of hydrogen-bond donors (Lipinski definition) is 2. The molecule has 0 unspecified atom stereocenters. The van der Waals surface area contributed by atoms with Crippen LogP contribution in [0.15, 0.2) is 24.3 Å². The number of carbonyl (C=O) groups excluding carboxylic acids is 2. The summed E-state index contributed by atoms with van der Waals surface area (Å²) in [5.41, 5.74) is 0.686. The summed E-state index contributed by atoms with van der Waals surface area (Å²) in [5, 5.41) is 5.83. The molecule has 2 N–H and O–H groups in total. The number of amides is 2. The molecule has 2 rings (SSSR count). The first-order valence-electron chi connectivity index (χ1n) is 5.60. The first-order chi connectivity index (χ1) is 8.65. The molecule has 1 fully saturated rings. The van der Waals surface area contributed by atoms with Crippen molar-refractivity contribution in [3.8, 4) is 0 Å². The largest absolute Gasteiger partial charge is 0.354 e. The predicted molar refractivity (Wildman–Crippen MR) is 74.0 cm³/mol. The van der Waals surface area contributed by atoms with E-state index in [0.29, 0.717) is 17.3 Å². The standard InChI is InChI=1S/C12H13ClN2O2S/c13-8-1-3-9(4-2-8)15-11(16)7-10-12(17)14-5-6-18-10/h1-4,10H,5-7H2,(H,14,17)(H,15,16)/t10-/m0/s1. The van der Waals surface area contributed by atoms with E-state index in [1.165, 1.54) is 11.8 Å². The summed E-state index contributed by atoms with van der Waals surface area (Å²) in [4.78, 5) is 23.3. The molecule has 2 amide bonds. The first-order valence-corrected chi connectivity index (χ1v) is 7.02. The van der Waals surface area contributed by atoms with Crippen molar-refractivity contribution in [3.05, 3.63) is 29.3 Å². The van der Waals surface area contributed by atoms with Crippen LogP contribution in [0, 0.1) is 0 Å². The molecule has 1 aromatic carbocycles. The molecule has 96 valence electrons. The quantitative estimate of drug-likeness (QED) is 0.891. The molecule has 6 heteroatoms. The van der Waals surface area contributed by atoms with Crippen molar-refractivity contribution in [1.82, 2.24) is 5.32 Å². The molecular formula is C12H13ClN2O2S. The highest BCUT2D eigenvalue weighted by atomic mass is 35.5. The van der Waals surface area contributed by atoms with Gasteiger partial charge in [-0.15, -0.1) is 11.8 Å². The van der Waals surface area contributed by atoms with E-state index in [4.69, 9.17) is 11.6 Å². The molecule has 0 radical (unpaired) electrons. The zero-order chi connectivity index (χ0) is 13.0. The summed E-state index contributed by atoms with van der Waals surface area (Å²) in [6, 6.07) is 6.88. The van der Waals surface area contributed by atoms with Gasteiger partial charge in [-0.1, -0.05) is 11.6 Å². The van der Waals surface area contributed by atoms with E-state index >= 15 is 0 Å². The van der Waals surface area contributed by atoms with Crippen LogP contribution in [-0.4, -0.2) is 29.4 Å². The average molecular weight is 285 g/mol. The Balaban J connectivity index is 1.88. The van der Waals surface area contributed by atoms with Crippen molar-refractivity contribution >= 4 is 40.9 Å². The first kappa shape index (κ1) is 13.2. The van der Waals surface area contributed by atoms with E-state index in [-0.39, 0.29) is 23.5 Å². The minimum absolute atomic E-state index is 0.0579. The fourth-order valence-electron chi connectivity index (χ4n) is 1.63. The Morgan fingerprint density at radius 3 is 2.83 bits per heavy atom. The third-order valence-electron chi connectivity index (χ3n) is 2.51. The lowest BCUT2D eigenvalue weighted by Gasteiger charge is -2.20. The third-order valence-corrected chi connectivity index (χ3v) is 3.99. The van der Waals surface area contributed by atoms with Gasteiger partial charge >= 0.3 is 0 Å². The number of carbonyl (C=O) groups is 2. The van der Waals surface area contributed by atoms with E-state index in [0.717, 1.165) is 5.75 Å². The maximum Gasteiger partial charge on any atom is 0.233 e. The summed E-state index contributed by atoms with van der Waals surface area (Å²) in [6.07, 6.45) is 0.194. The van der Waals surface area contributed by atoms with Gasteiger partial charge in [0.05, 0.1) is 5.25 Å². The Bertz CT molecular complexity index is 450. The molecule has 0 bridgehead atoms. The highest BCUT2D eigenvalue weighted by Crippen LogP contribution is 2.19. The maximum atomic E-state index is 11.8. The molecule has 1 atom stereocenters. The van der Waals surface area contributed by atoms with Gasteiger partial charge in [0.1, 0.15) is 0 Å². The van der Waals surface area contributed by atoms with Gasteiger partial charge < -0.3 is 10.6 Å². The number of thioether (sulfide) groups is 1. The number of rotatable bonds is 3. The van der Waals surface area contributed by atoms with E-state index in [1.54, 1.807) is 24.3 Å². The summed E-state index contributed by atoms with van der Waals surface area (Å²) in [6.45, 7) is 0.679. The second-order valence-electron chi connectivity index (χ2n) is 3.91. The Morgan fingerprint density at radius 2 is 2.17 bits per heavy atom. The predicted octanol–water partition coefficient (Wildman–Crippen LogP) is 1.90. The topological polar surface area (TPSA) is 58.2 Å². The summed E-state index contributed by atoms with van der Waals surface area (Å²) in [5.74, 6) is 0.634. The summed E-state index contributed by atoms with van der Waals surface area (Å²) in [7, 11) is 0. The van der Waals surface area contributed by atoms with Crippen LogP contribution in [-0.2, 0) is 9.59 Å². The van der Waals surface area contributed by atoms with Crippen molar-refractivity contribution in [3.63, 3.8) is 0 Å². The molecule has 0 aliphatic carbocycles. The van der Waals surface area contributed by atoms with Crippen molar-refractivity contribution < 1.29 is 9.59 Å². The lowest BCUT2D eigenvalue weighted by molar-refractivity contribution is -0.123. The maximum absolute atomic E-state index is 11.8. The van der Waals surface area contributed by atoms with E-state index < -0.39 is 0 Å². The van der Waals surface area contributed by atoms with Gasteiger partial charge in [0.2, 0.25) is 11.8 Å². The lowest BCUT2D eigenvalue weighted by Crippen LogP contribution is -2.40. The summed E-state index contributed by atoms with van der Waals surface area (Å²) >= 11 is 7.27. The highest BCUT2D eigenvalue weighted by molar-refractivity contribution is 8.00. The molecule has 1 aliphatic rings. The SMILES string of the molecule is O=C(C[C@@H]1SCCNC1=O)Nc1ccc(Cl)cc1. The zero-order valence-corrected chi connectivity index (χ0v) is 11.2. The third kappa shape index (κ3) is 3.65. The number of hydrogen-bond acceptors (Lipinski definition) is 3. The van der Waals surface area contributed by atoms with Crippen LogP contribution in [0.5, 0.6) is 0 Å². The number of halogens is 1. The second kappa shape index (κ2) is 6.11. The molecular weight excluding hydrogens is 272 g/mol. The molecule has 1 aliphatic heterocycles. The van der Waals surface area contributed by atoms with Crippen molar-refractivity contribution in [2.24, 2.45) is 0 Å². The fourth-order valence-corrected chi connectivity index (χ4v) is 2.76. The van der Waals surface area contributed by atoms with Crippen LogP contribution in [0.4, 0.5) is 5.69 Å². The van der Waals surface area contributed by atoms with Crippen LogP contribution >= 0.6 is 23.4 Å². The van der Waals surface area contributed by atoms with Gasteiger partial charge in [0.25, 0.3) is 0 Å². The molecule has 0 aromatic heterocycles. The Hall–Kier alpha value is -1.20. The van der Waals surface area contributed by atoms with Crippen LogP contribution < -0.4 is 10.6 Å². The molecule has 18 heavy (non-hydrogen) atoms. The molecule has 0 spiro atoms. The second-order valence-corrected chi connectivity index (χ2v) is 5.66. The normalized spacial score (nSPS) is 19.2. The molecule has 4 nitrogen and oxygen atoms in total. The Labute approximate surface area is 114 Å². The smallest absolute Gasteiger partial charge is 0.233 e. The number of anilines is 1. The molecule has 1 aromatic rings. The van der Waals surface area contributed by atoms with Crippen LogP contribution in [0.25, 0.3) is 0 Å².